The topological polar surface area (TPSA) is 84.7 Å². The van der Waals surface area contributed by atoms with Crippen molar-refractivity contribution in [2.24, 2.45) is 14.1 Å². The standard InChI is InChI=1S/C14H15N5O2/c1-8-6-11(16-18(8)2)14(21)15-9-4-5-12-10(7-9)13(20)17-19(12)3/h4-7H,1-3H3,(H,15,21)(H,17,20). The fourth-order valence-electron chi connectivity index (χ4n) is 2.23. The molecule has 21 heavy (non-hydrogen) atoms. The predicted molar refractivity (Wildman–Crippen MR) is 79.4 cm³/mol. The van der Waals surface area contributed by atoms with Gasteiger partial charge in [0.1, 0.15) is 0 Å². The number of hydrogen-bond donors (Lipinski definition) is 2. The Labute approximate surface area is 120 Å². The van der Waals surface area contributed by atoms with Crippen LogP contribution in [0.2, 0.25) is 0 Å². The third-order valence-corrected chi connectivity index (χ3v) is 3.48. The maximum atomic E-state index is 12.1. The van der Waals surface area contributed by atoms with E-state index < -0.39 is 0 Å². The third-order valence-electron chi connectivity index (χ3n) is 3.48. The van der Waals surface area contributed by atoms with Crippen LogP contribution < -0.4 is 10.9 Å². The van der Waals surface area contributed by atoms with Crippen molar-refractivity contribution in [1.82, 2.24) is 19.6 Å². The minimum absolute atomic E-state index is 0.183. The molecule has 1 amide bonds. The van der Waals surface area contributed by atoms with Crippen LogP contribution in [0.25, 0.3) is 10.9 Å². The smallest absolute Gasteiger partial charge is 0.276 e. The number of amides is 1. The van der Waals surface area contributed by atoms with E-state index in [9.17, 15) is 9.59 Å². The lowest BCUT2D eigenvalue weighted by Gasteiger charge is -2.03. The first kappa shape index (κ1) is 13.2. The molecule has 0 fully saturated rings. The van der Waals surface area contributed by atoms with Crippen LogP contribution in [-0.2, 0) is 14.1 Å². The summed E-state index contributed by atoms with van der Waals surface area (Å²) in [6.45, 7) is 1.87. The summed E-state index contributed by atoms with van der Waals surface area (Å²) in [4.78, 5) is 23.9. The molecule has 7 heteroatoms. The molecule has 0 aliphatic rings. The van der Waals surface area contributed by atoms with E-state index in [1.54, 1.807) is 47.7 Å². The summed E-state index contributed by atoms with van der Waals surface area (Å²) in [5.74, 6) is -0.301. The highest BCUT2D eigenvalue weighted by Gasteiger charge is 2.12. The summed E-state index contributed by atoms with van der Waals surface area (Å²) >= 11 is 0. The lowest BCUT2D eigenvalue weighted by atomic mass is 10.2. The normalized spacial score (nSPS) is 11.0. The first-order valence-electron chi connectivity index (χ1n) is 6.46. The van der Waals surface area contributed by atoms with E-state index in [2.05, 4.69) is 15.5 Å². The molecule has 0 saturated heterocycles. The Bertz CT molecular complexity index is 880. The first-order chi connectivity index (χ1) is 9.95. The van der Waals surface area contributed by atoms with Gasteiger partial charge >= 0.3 is 0 Å². The number of nitrogens with one attached hydrogen (secondary N) is 2. The molecule has 2 heterocycles. The molecule has 0 aliphatic heterocycles. The molecule has 7 nitrogen and oxygen atoms in total. The van der Waals surface area contributed by atoms with E-state index >= 15 is 0 Å². The minimum Gasteiger partial charge on any atom is -0.321 e. The molecule has 0 radical (unpaired) electrons. The van der Waals surface area contributed by atoms with Crippen LogP contribution >= 0.6 is 0 Å². The first-order valence-corrected chi connectivity index (χ1v) is 6.46. The molecule has 108 valence electrons. The molecule has 0 unspecified atom stereocenters. The second-order valence-electron chi connectivity index (χ2n) is 4.98. The van der Waals surface area contributed by atoms with Gasteiger partial charge in [-0.05, 0) is 31.2 Å². The molecule has 0 bridgehead atoms. The van der Waals surface area contributed by atoms with Gasteiger partial charge in [0.15, 0.2) is 5.69 Å². The number of H-pyrrole nitrogens is 1. The van der Waals surface area contributed by atoms with Crippen LogP contribution in [0.15, 0.2) is 29.1 Å². The van der Waals surface area contributed by atoms with Crippen LogP contribution in [-0.4, -0.2) is 25.5 Å². The molecule has 3 aromatic rings. The molecule has 0 saturated carbocycles. The Balaban J connectivity index is 1.92. The highest BCUT2D eigenvalue weighted by Crippen LogP contribution is 2.16. The number of hydrogen-bond acceptors (Lipinski definition) is 3. The summed E-state index contributed by atoms with van der Waals surface area (Å²) in [6, 6.07) is 6.90. The van der Waals surface area contributed by atoms with Crippen molar-refractivity contribution in [1.29, 1.82) is 0 Å². The Hall–Kier alpha value is -2.83. The summed E-state index contributed by atoms with van der Waals surface area (Å²) in [7, 11) is 3.54. The summed E-state index contributed by atoms with van der Waals surface area (Å²) in [6.07, 6.45) is 0. The molecule has 3 rings (SSSR count). The Morgan fingerprint density at radius 1 is 1.29 bits per heavy atom. The van der Waals surface area contributed by atoms with Crippen molar-refractivity contribution >= 4 is 22.5 Å². The molecular weight excluding hydrogens is 270 g/mol. The van der Waals surface area contributed by atoms with Gasteiger partial charge in [-0.3, -0.25) is 24.1 Å². The number of aromatic amines is 1. The number of anilines is 1. The summed E-state index contributed by atoms with van der Waals surface area (Å²) in [5.41, 5.74) is 2.41. The highest BCUT2D eigenvalue weighted by molar-refractivity contribution is 6.03. The number of aromatic nitrogens is 4. The second-order valence-corrected chi connectivity index (χ2v) is 4.98. The number of carbonyl (C=O) groups excluding carboxylic acids is 1. The van der Waals surface area contributed by atoms with Gasteiger partial charge in [-0.1, -0.05) is 0 Å². The number of fused-ring (bicyclic) bond motifs is 1. The van der Waals surface area contributed by atoms with Crippen molar-refractivity contribution < 1.29 is 4.79 Å². The minimum atomic E-state index is -0.301. The van der Waals surface area contributed by atoms with Gasteiger partial charge in [0.25, 0.3) is 11.5 Å². The zero-order valence-corrected chi connectivity index (χ0v) is 12.0. The molecule has 0 aliphatic carbocycles. The van der Waals surface area contributed by atoms with Crippen molar-refractivity contribution in [3.63, 3.8) is 0 Å². The fraction of sp³-hybridized carbons (Fsp3) is 0.214. The van der Waals surface area contributed by atoms with Crippen molar-refractivity contribution in [2.75, 3.05) is 5.32 Å². The lowest BCUT2D eigenvalue weighted by Crippen LogP contribution is -2.13. The maximum absolute atomic E-state index is 12.1. The van der Waals surface area contributed by atoms with Crippen LogP contribution in [0.1, 0.15) is 16.2 Å². The van der Waals surface area contributed by atoms with Crippen LogP contribution in [0, 0.1) is 6.92 Å². The molecule has 1 aromatic carbocycles. The number of carbonyl (C=O) groups is 1. The average Bonchev–Trinajstić information content (AvgIpc) is 2.91. The molecule has 0 atom stereocenters. The summed E-state index contributed by atoms with van der Waals surface area (Å²) < 4.78 is 3.28. The number of aryl methyl sites for hydroxylation is 3. The molecule has 2 N–H and O–H groups in total. The Morgan fingerprint density at radius 3 is 2.71 bits per heavy atom. The van der Waals surface area contributed by atoms with Gasteiger partial charge in [-0.2, -0.15) is 5.10 Å². The second kappa shape index (κ2) is 4.62. The van der Waals surface area contributed by atoms with Crippen molar-refractivity contribution in [3.05, 3.63) is 46.0 Å². The lowest BCUT2D eigenvalue weighted by molar-refractivity contribution is 0.102. The van der Waals surface area contributed by atoms with Gasteiger partial charge in [-0.25, -0.2) is 0 Å². The molecule has 0 spiro atoms. The number of benzene rings is 1. The fourth-order valence-corrected chi connectivity index (χ4v) is 2.23. The van der Waals surface area contributed by atoms with E-state index in [0.717, 1.165) is 11.2 Å². The monoisotopic (exact) mass is 285 g/mol. The largest absolute Gasteiger partial charge is 0.321 e. The van der Waals surface area contributed by atoms with Gasteiger partial charge in [0, 0.05) is 25.5 Å². The maximum Gasteiger partial charge on any atom is 0.276 e. The van der Waals surface area contributed by atoms with Gasteiger partial charge in [0.05, 0.1) is 10.9 Å². The van der Waals surface area contributed by atoms with Gasteiger partial charge < -0.3 is 5.32 Å². The highest BCUT2D eigenvalue weighted by atomic mass is 16.2. The average molecular weight is 285 g/mol. The molecular formula is C14H15N5O2. The number of nitrogens with zero attached hydrogens (tertiary/aromatic N) is 3. The van der Waals surface area contributed by atoms with E-state index in [1.165, 1.54) is 0 Å². The quantitative estimate of drug-likeness (QED) is 0.741. The van der Waals surface area contributed by atoms with Crippen LogP contribution in [0.4, 0.5) is 5.69 Å². The zero-order chi connectivity index (χ0) is 15.1. The van der Waals surface area contributed by atoms with Crippen LogP contribution in [0.3, 0.4) is 0 Å². The summed E-state index contributed by atoms with van der Waals surface area (Å²) in [5, 5.41) is 10.1. The van der Waals surface area contributed by atoms with Crippen molar-refractivity contribution in [2.45, 2.75) is 6.92 Å². The van der Waals surface area contributed by atoms with E-state index in [1.807, 2.05) is 6.92 Å². The van der Waals surface area contributed by atoms with Crippen molar-refractivity contribution in [3.8, 4) is 0 Å². The Morgan fingerprint density at radius 2 is 2.05 bits per heavy atom. The van der Waals surface area contributed by atoms with E-state index in [-0.39, 0.29) is 11.5 Å². The SMILES string of the molecule is Cc1cc(C(=O)Nc2ccc3c(c2)c(=O)[nH]n3C)nn1C. The third kappa shape index (κ3) is 2.22. The van der Waals surface area contributed by atoms with E-state index in [0.29, 0.717) is 16.8 Å². The number of rotatable bonds is 2. The van der Waals surface area contributed by atoms with E-state index in [4.69, 9.17) is 0 Å². The molecule has 2 aromatic heterocycles. The predicted octanol–water partition coefficient (Wildman–Crippen LogP) is 1.16. The van der Waals surface area contributed by atoms with Gasteiger partial charge in [0.2, 0.25) is 0 Å². The zero-order valence-electron chi connectivity index (χ0n) is 12.0. The van der Waals surface area contributed by atoms with Crippen LogP contribution in [0.5, 0.6) is 0 Å². The Kier molecular flexibility index (Phi) is 2.90. The van der Waals surface area contributed by atoms with Gasteiger partial charge in [-0.15, -0.1) is 0 Å².